The number of phenols is 1. The maximum atomic E-state index is 11.1. The number of benzene rings is 4. The van der Waals surface area contributed by atoms with Crippen LogP contribution in [0.1, 0.15) is 57.3 Å². The van der Waals surface area contributed by atoms with Crippen molar-refractivity contribution in [1.82, 2.24) is 15.6 Å². The third-order valence-electron chi connectivity index (χ3n) is 9.60. The minimum atomic E-state index is -2.53. The Labute approximate surface area is 356 Å². The summed E-state index contributed by atoms with van der Waals surface area (Å²) >= 11 is 13.3. The van der Waals surface area contributed by atoms with Crippen LogP contribution in [0.15, 0.2) is 79.1 Å². The highest BCUT2D eigenvalue weighted by molar-refractivity contribution is 7.45. The van der Waals surface area contributed by atoms with Crippen LogP contribution in [0.5, 0.6) is 23.0 Å². The first kappa shape index (κ1) is 45.8. The molecule has 6 N–H and O–H groups in total. The highest BCUT2D eigenvalue weighted by atomic mass is 35.5. The Morgan fingerprint density at radius 1 is 0.763 bits per heavy atom. The highest BCUT2D eigenvalue weighted by Crippen LogP contribution is 2.37. The fraction of sp³-hybridized carbons (Fsp3) is 0.302. The number of ether oxygens (including phenoxy) is 3. The van der Waals surface area contributed by atoms with Crippen molar-refractivity contribution in [3.05, 3.63) is 134 Å². The summed E-state index contributed by atoms with van der Waals surface area (Å²) in [6.07, 6.45) is 4.86. The third kappa shape index (κ3) is 13.6. The number of halogens is 2. The van der Waals surface area contributed by atoms with Crippen LogP contribution in [0.4, 0.5) is 0 Å². The molecule has 5 aromatic rings. The lowest BCUT2D eigenvalue weighted by atomic mass is 9.92. The average molecular weight is 882 g/mol. The number of aromatic hydroxyl groups is 1. The molecule has 1 heterocycles. The molecule has 16 heteroatoms. The second-order valence-corrected chi connectivity index (χ2v) is 17.1. The molecule has 1 unspecified atom stereocenters. The van der Waals surface area contributed by atoms with Gasteiger partial charge in [-0.25, -0.2) is 0 Å². The number of pyridine rings is 1. The maximum Gasteiger partial charge on any atom is 0.189 e. The molecule has 1 atom stereocenters. The fourth-order valence-electron chi connectivity index (χ4n) is 6.31. The van der Waals surface area contributed by atoms with Crippen molar-refractivity contribution in [3.8, 4) is 40.2 Å². The van der Waals surface area contributed by atoms with Crippen LogP contribution in [-0.2, 0) is 37.5 Å². The van der Waals surface area contributed by atoms with Gasteiger partial charge in [0.2, 0.25) is 0 Å². The van der Waals surface area contributed by atoms with Crippen LogP contribution in [0.2, 0.25) is 10.0 Å². The largest absolute Gasteiger partial charge is 0.507 e. The standard InChI is InChI=1S/C43H48Cl2N4O8P2/c1-28-32(26-56-42-18-40(50)34(16-38(42)44)23-47-11-5-13-58(51)52)7-3-9-36(28)37-10-4-8-33(29(37)2)27-57-43-19-41(55-25-31-15-30(20-46)21-49-22-31)35(17-39(43)45)24-48-12-6-14-59(53)54/h3-4,7-10,15-19,21-22,47-48,50-52,59H,5-6,11-14,23-27H2,1-2H3,(H,53,54). The molecule has 0 aliphatic heterocycles. The van der Waals surface area contributed by atoms with Gasteiger partial charge in [-0.3, -0.25) is 9.55 Å². The molecular weight excluding hydrogens is 833 g/mol. The molecule has 0 spiro atoms. The van der Waals surface area contributed by atoms with E-state index in [2.05, 4.69) is 33.8 Å². The van der Waals surface area contributed by atoms with Gasteiger partial charge in [-0.15, -0.1) is 0 Å². The van der Waals surface area contributed by atoms with Crippen molar-refractivity contribution >= 4 is 39.6 Å². The van der Waals surface area contributed by atoms with Gasteiger partial charge in [0, 0.05) is 66.6 Å². The first-order chi connectivity index (χ1) is 28.4. The van der Waals surface area contributed by atoms with Crippen molar-refractivity contribution in [2.75, 3.05) is 25.4 Å². The van der Waals surface area contributed by atoms with E-state index in [0.29, 0.717) is 83.6 Å². The Balaban J connectivity index is 1.28. The normalized spacial score (nSPS) is 11.7. The van der Waals surface area contributed by atoms with Gasteiger partial charge < -0.3 is 44.6 Å². The van der Waals surface area contributed by atoms with Crippen LogP contribution in [-0.4, -0.2) is 50.2 Å². The van der Waals surface area contributed by atoms with E-state index >= 15 is 0 Å². The molecule has 12 nitrogen and oxygen atoms in total. The molecule has 0 aliphatic rings. The fourth-order valence-corrected chi connectivity index (χ4v) is 7.72. The zero-order valence-electron chi connectivity index (χ0n) is 32.8. The summed E-state index contributed by atoms with van der Waals surface area (Å²) in [5.74, 6) is 1.38. The molecule has 0 fully saturated rings. The Kier molecular flexibility index (Phi) is 17.8. The van der Waals surface area contributed by atoms with Crippen molar-refractivity contribution in [1.29, 1.82) is 5.26 Å². The number of nitrogens with zero attached hydrogens (tertiary/aromatic N) is 2. The second-order valence-electron chi connectivity index (χ2n) is 13.8. The average Bonchev–Trinajstić information content (AvgIpc) is 3.21. The Morgan fingerprint density at radius 2 is 1.34 bits per heavy atom. The molecule has 59 heavy (non-hydrogen) atoms. The summed E-state index contributed by atoms with van der Waals surface area (Å²) in [5, 5.41) is 27.2. The summed E-state index contributed by atoms with van der Waals surface area (Å²) in [5.41, 5.74) is 8.57. The van der Waals surface area contributed by atoms with Gasteiger partial charge in [0.25, 0.3) is 0 Å². The van der Waals surface area contributed by atoms with Crippen LogP contribution < -0.4 is 24.8 Å². The molecule has 0 saturated heterocycles. The van der Waals surface area contributed by atoms with E-state index in [-0.39, 0.29) is 31.7 Å². The zero-order valence-corrected chi connectivity index (χ0v) is 36.2. The third-order valence-corrected chi connectivity index (χ3v) is 11.7. The summed E-state index contributed by atoms with van der Waals surface area (Å²) < 4.78 is 29.8. The number of rotatable bonds is 22. The van der Waals surface area contributed by atoms with Crippen molar-refractivity contribution in [2.24, 2.45) is 0 Å². The van der Waals surface area contributed by atoms with Crippen LogP contribution >= 0.6 is 39.6 Å². The van der Waals surface area contributed by atoms with Gasteiger partial charge in [-0.1, -0.05) is 59.6 Å². The SMILES string of the molecule is Cc1c(COc2cc(O)c(CNCCCP(O)O)cc2Cl)cccc1-c1cccc(COc2cc(OCc3cncc(C#N)c3)c(CNCCC[PH](=O)O)cc2Cl)c1C. The van der Waals surface area contributed by atoms with Crippen LogP contribution in [0.3, 0.4) is 0 Å². The topological polar surface area (TPSA) is 186 Å². The Bertz CT molecular complexity index is 2270. The molecule has 1 aromatic heterocycles. The van der Waals surface area contributed by atoms with Gasteiger partial charge in [-0.2, -0.15) is 5.26 Å². The minimum Gasteiger partial charge on any atom is -0.507 e. The molecule has 0 saturated carbocycles. The van der Waals surface area contributed by atoms with Crippen molar-refractivity contribution in [3.63, 3.8) is 0 Å². The van der Waals surface area contributed by atoms with Crippen LogP contribution in [0, 0.1) is 25.2 Å². The monoisotopic (exact) mass is 880 g/mol. The lowest BCUT2D eigenvalue weighted by Crippen LogP contribution is -2.16. The van der Waals surface area contributed by atoms with Gasteiger partial charge in [0.1, 0.15) is 48.9 Å². The molecule has 5 rings (SSSR count). The number of nitriles is 1. The molecular formula is C43H48Cl2N4O8P2. The number of aromatic nitrogens is 1. The lowest BCUT2D eigenvalue weighted by Gasteiger charge is -2.18. The summed E-state index contributed by atoms with van der Waals surface area (Å²) in [4.78, 5) is 31.5. The van der Waals surface area contributed by atoms with E-state index in [0.717, 1.165) is 44.5 Å². The summed E-state index contributed by atoms with van der Waals surface area (Å²) in [6, 6.07) is 22.6. The Hall–Kier alpha value is -4.24. The van der Waals surface area contributed by atoms with E-state index in [1.165, 1.54) is 12.3 Å². The van der Waals surface area contributed by atoms with E-state index in [1.807, 2.05) is 38.1 Å². The van der Waals surface area contributed by atoms with E-state index in [4.69, 9.17) is 47.2 Å². The van der Waals surface area contributed by atoms with Crippen molar-refractivity contribution in [2.45, 2.75) is 59.6 Å². The lowest BCUT2D eigenvalue weighted by molar-refractivity contribution is 0.287. The van der Waals surface area contributed by atoms with Crippen molar-refractivity contribution < 1.29 is 38.6 Å². The molecule has 0 aliphatic carbocycles. The van der Waals surface area contributed by atoms with E-state index in [9.17, 15) is 19.8 Å². The first-order valence-electron chi connectivity index (χ1n) is 19.0. The van der Waals surface area contributed by atoms with E-state index < -0.39 is 16.4 Å². The van der Waals surface area contributed by atoms with Gasteiger partial charge in [0.15, 0.2) is 16.4 Å². The molecule has 0 radical (unpaired) electrons. The van der Waals surface area contributed by atoms with E-state index in [1.54, 1.807) is 30.5 Å². The smallest absolute Gasteiger partial charge is 0.189 e. The van der Waals surface area contributed by atoms with Gasteiger partial charge in [-0.05, 0) is 91.4 Å². The minimum absolute atomic E-state index is 0.0490. The first-order valence-corrected chi connectivity index (χ1v) is 22.7. The predicted molar refractivity (Wildman–Crippen MR) is 233 cm³/mol. The summed E-state index contributed by atoms with van der Waals surface area (Å²) in [6.45, 7) is 6.59. The zero-order chi connectivity index (χ0) is 42.3. The highest BCUT2D eigenvalue weighted by Gasteiger charge is 2.16. The number of hydrogen-bond acceptors (Lipinski definition) is 11. The quantitative estimate of drug-likeness (QED) is 0.0287. The molecule has 312 valence electrons. The molecule has 0 amide bonds. The number of hydrogen-bond donors (Lipinski definition) is 6. The predicted octanol–water partition coefficient (Wildman–Crippen LogP) is 8.71. The van der Waals surface area contributed by atoms with Crippen LogP contribution in [0.25, 0.3) is 11.1 Å². The summed E-state index contributed by atoms with van der Waals surface area (Å²) in [7, 11) is -4.44. The molecule has 0 bridgehead atoms. The van der Waals surface area contributed by atoms with Gasteiger partial charge in [0.05, 0.1) is 15.6 Å². The Morgan fingerprint density at radius 3 is 1.95 bits per heavy atom. The molecule has 4 aromatic carbocycles. The number of nitrogens with one attached hydrogen (secondary N) is 2. The number of phenolic OH excluding ortho intramolecular Hbond substituents is 1. The van der Waals surface area contributed by atoms with Gasteiger partial charge >= 0.3 is 0 Å². The second kappa shape index (κ2) is 22.9. The maximum absolute atomic E-state index is 11.1.